The van der Waals surface area contributed by atoms with Crippen LogP contribution in [0.3, 0.4) is 0 Å². The molecule has 80 valence electrons. The molecule has 1 aliphatic rings. The Morgan fingerprint density at radius 2 is 2.31 bits per heavy atom. The lowest BCUT2D eigenvalue weighted by molar-refractivity contribution is 0.0994. The molecular weight excluding hydrogens is 202 g/mol. The van der Waals surface area contributed by atoms with E-state index in [1.165, 1.54) is 0 Å². The van der Waals surface area contributed by atoms with Gasteiger partial charge in [-0.3, -0.25) is 4.79 Å². The summed E-state index contributed by atoms with van der Waals surface area (Å²) in [6.45, 7) is 0.341. The summed E-state index contributed by atoms with van der Waals surface area (Å²) in [5.74, 6) is 0.222. The van der Waals surface area contributed by atoms with E-state index in [2.05, 4.69) is 10.0 Å². The van der Waals surface area contributed by atoms with E-state index in [-0.39, 0.29) is 5.78 Å². The monoisotopic (exact) mass is 213 g/mol. The molecule has 16 heavy (non-hydrogen) atoms. The molecule has 0 amide bonds. The largest absolute Gasteiger partial charge is 0.294 e. The summed E-state index contributed by atoms with van der Waals surface area (Å²) in [7, 11) is 0. The summed E-state index contributed by atoms with van der Waals surface area (Å²) in [4.78, 5) is 14.2. The van der Waals surface area contributed by atoms with E-state index in [0.717, 1.165) is 23.1 Å². The van der Waals surface area contributed by atoms with E-state index in [1.807, 2.05) is 24.3 Å². The number of nitrogens with zero attached hydrogens (tertiary/aromatic N) is 3. The Balaban J connectivity index is 2.26. The van der Waals surface area contributed by atoms with Crippen LogP contribution in [0.15, 0.2) is 29.4 Å². The third-order valence-electron chi connectivity index (χ3n) is 2.66. The van der Waals surface area contributed by atoms with Crippen molar-refractivity contribution < 1.29 is 4.79 Å². The summed E-state index contributed by atoms with van der Waals surface area (Å²) in [5.41, 5.74) is 11.1. The second kappa shape index (κ2) is 4.64. The third kappa shape index (κ3) is 1.97. The minimum absolute atomic E-state index is 0.222. The van der Waals surface area contributed by atoms with Crippen molar-refractivity contribution in [2.75, 3.05) is 6.54 Å². The Labute approximate surface area is 93.2 Å². The van der Waals surface area contributed by atoms with Crippen LogP contribution in [0.5, 0.6) is 0 Å². The zero-order valence-corrected chi connectivity index (χ0v) is 8.76. The molecular formula is C12H11N3O. The minimum atomic E-state index is 0.222. The van der Waals surface area contributed by atoms with E-state index in [0.29, 0.717) is 13.0 Å². The van der Waals surface area contributed by atoms with Gasteiger partial charge in [0.2, 0.25) is 0 Å². The van der Waals surface area contributed by atoms with Crippen LogP contribution in [0.2, 0.25) is 0 Å². The van der Waals surface area contributed by atoms with Crippen LogP contribution in [0, 0.1) is 0 Å². The smallest absolute Gasteiger partial charge is 0.163 e. The van der Waals surface area contributed by atoms with Crippen molar-refractivity contribution in [3.05, 3.63) is 51.4 Å². The maximum absolute atomic E-state index is 11.5. The summed E-state index contributed by atoms with van der Waals surface area (Å²) >= 11 is 0. The van der Waals surface area contributed by atoms with E-state index in [4.69, 9.17) is 5.53 Å². The van der Waals surface area contributed by atoms with Crippen molar-refractivity contribution >= 4 is 11.9 Å². The molecule has 0 unspecified atom stereocenters. The highest BCUT2D eigenvalue weighted by Gasteiger charge is 2.20. The lowest BCUT2D eigenvalue weighted by atomic mass is 10.0. The molecule has 4 heteroatoms. The van der Waals surface area contributed by atoms with Gasteiger partial charge < -0.3 is 0 Å². The molecule has 0 aromatic heterocycles. The van der Waals surface area contributed by atoms with Gasteiger partial charge in [0, 0.05) is 23.4 Å². The molecule has 1 aromatic carbocycles. The van der Waals surface area contributed by atoms with Gasteiger partial charge in [-0.25, -0.2) is 0 Å². The molecule has 1 aliphatic carbocycles. The molecule has 0 fully saturated rings. The number of hydrogen-bond donors (Lipinski definition) is 0. The van der Waals surface area contributed by atoms with Gasteiger partial charge in [-0.1, -0.05) is 35.5 Å². The van der Waals surface area contributed by atoms with Crippen molar-refractivity contribution in [1.29, 1.82) is 0 Å². The van der Waals surface area contributed by atoms with Crippen molar-refractivity contribution in [1.82, 2.24) is 0 Å². The lowest BCUT2D eigenvalue weighted by Gasteiger charge is -2.01. The van der Waals surface area contributed by atoms with Crippen LogP contribution in [0.25, 0.3) is 16.5 Å². The molecule has 1 aromatic rings. The first-order valence-corrected chi connectivity index (χ1v) is 5.15. The van der Waals surface area contributed by atoms with E-state index in [1.54, 1.807) is 6.08 Å². The van der Waals surface area contributed by atoms with Gasteiger partial charge >= 0.3 is 0 Å². The topological polar surface area (TPSA) is 65.8 Å². The number of benzene rings is 1. The predicted molar refractivity (Wildman–Crippen MR) is 62.1 cm³/mol. The molecule has 4 nitrogen and oxygen atoms in total. The Bertz CT molecular complexity index is 499. The molecule has 0 heterocycles. The van der Waals surface area contributed by atoms with Crippen LogP contribution < -0.4 is 0 Å². The Kier molecular flexibility index (Phi) is 3.03. The average molecular weight is 213 g/mol. The Morgan fingerprint density at radius 3 is 3.12 bits per heavy atom. The highest BCUT2D eigenvalue weighted by atomic mass is 16.1. The normalized spacial score (nSPS) is 13.9. The lowest BCUT2D eigenvalue weighted by Crippen LogP contribution is -1.91. The van der Waals surface area contributed by atoms with Gasteiger partial charge in [0.05, 0.1) is 0 Å². The first kappa shape index (κ1) is 10.5. The number of carbonyl (C=O) groups excluding carboxylic acids is 1. The molecule has 0 aliphatic heterocycles. The van der Waals surface area contributed by atoms with Gasteiger partial charge in [-0.05, 0) is 23.1 Å². The van der Waals surface area contributed by atoms with Crippen molar-refractivity contribution in [3.8, 4) is 0 Å². The molecule has 0 N–H and O–H groups in total. The number of hydrogen-bond acceptors (Lipinski definition) is 2. The van der Waals surface area contributed by atoms with Crippen molar-refractivity contribution in [2.45, 2.75) is 12.8 Å². The standard InChI is InChI=1S/C12H11N3O/c13-15-14-8-2-4-9-3-1-5-11-10(9)6-7-12(11)16/h1-5H,6-8H2. The number of ketones is 1. The maximum atomic E-state index is 11.5. The highest BCUT2D eigenvalue weighted by Crippen LogP contribution is 2.25. The van der Waals surface area contributed by atoms with Crippen LogP contribution in [-0.2, 0) is 6.42 Å². The zero-order chi connectivity index (χ0) is 11.4. The summed E-state index contributed by atoms with van der Waals surface area (Å²) < 4.78 is 0. The van der Waals surface area contributed by atoms with Gasteiger partial charge in [-0.15, -0.1) is 0 Å². The fourth-order valence-electron chi connectivity index (χ4n) is 1.94. The quantitative estimate of drug-likeness (QED) is 0.432. The van der Waals surface area contributed by atoms with Gasteiger partial charge in [0.15, 0.2) is 5.78 Å². The number of fused-ring (bicyclic) bond motifs is 1. The van der Waals surface area contributed by atoms with E-state index < -0.39 is 0 Å². The number of rotatable bonds is 3. The fraction of sp³-hybridized carbons (Fsp3) is 0.250. The van der Waals surface area contributed by atoms with Crippen LogP contribution >= 0.6 is 0 Å². The van der Waals surface area contributed by atoms with Crippen LogP contribution in [-0.4, -0.2) is 12.3 Å². The zero-order valence-electron chi connectivity index (χ0n) is 8.76. The van der Waals surface area contributed by atoms with Crippen LogP contribution in [0.4, 0.5) is 0 Å². The Morgan fingerprint density at radius 1 is 1.44 bits per heavy atom. The second-order valence-electron chi connectivity index (χ2n) is 3.61. The van der Waals surface area contributed by atoms with Crippen molar-refractivity contribution in [3.63, 3.8) is 0 Å². The number of Topliss-reactive ketones (excluding diaryl/α,β-unsaturated/α-hetero) is 1. The predicted octanol–water partition coefficient (Wildman–Crippen LogP) is 3.14. The SMILES string of the molecule is [N-]=[N+]=NCC=Cc1cccc2c1CCC2=O. The van der Waals surface area contributed by atoms with Gasteiger partial charge in [0.1, 0.15) is 0 Å². The highest BCUT2D eigenvalue weighted by molar-refractivity contribution is 6.01. The molecule has 0 saturated heterocycles. The van der Waals surface area contributed by atoms with E-state index in [9.17, 15) is 4.79 Å². The summed E-state index contributed by atoms with van der Waals surface area (Å²) in [6.07, 6.45) is 5.14. The molecule has 2 rings (SSSR count). The Hall–Kier alpha value is -2.06. The second-order valence-corrected chi connectivity index (χ2v) is 3.61. The first-order valence-electron chi connectivity index (χ1n) is 5.15. The number of azide groups is 1. The average Bonchev–Trinajstić information content (AvgIpc) is 2.68. The minimum Gasteiger partial charge on any atom is -0.294 e. The maximum Gasteiger partial charge on any atom is 0.163 e. The molecule has 0 bridgehead atoms. The molecule has 0 atom stereocenters. The first-order chi connectivity index (χ1) is 7.83. The van der Waals surface area contributed by atoms with Gasteiger partial charge in [-0.2, -0.15) is 0 Å². The third-order valence-corrected chi connectivity index (χ3v) is 2.66. The molecule has 0 saturated carbocycles. The van der Waals surface area contributed by atoms with Crippen molar-refractivity contribution in [2.24, 2.45) is 5.11 Å². The van der Waals surface area contributed by atoms with Crippen LogP contribution in [0.1, 0.15) is 27.9 Å². The summed E-state index contributed by atoms with van der Waals surface area (Å²) in [6, 6.07) is 5.73. The summed E-state index contributed by atoms with van der Waals surface area (Å²) in [5, 5.41) is 3.42. The van der Waals surface area contributed by atoms with E-state index >= 15 is 0 Å². The number of carbonyl (C=O) groups is 1. The van der Waals surface area contributed by atoms with Gasteiger partial charge in [0.25, 0.3) is 0 Å². The molecule has 0 spiro atoms. The fourth-order valence-corrected chi connectivity index (χ4v) is 1.94. The molecule has 0 radical (unpaired) electrons.